The number of rotatable bonds is 2. The van der Waals surface area contributed by atoms with Gasteiger partial charge < -0.3 is 5.32 Å². The van der Waals surface area contributed by atoms with E-state index in [-0.39, 0.29) is 11.7 Å². The lowest BCUT2D eigenvalue weighted by Crippen LogP contribution is -2.47. The fraction of sp³-hybridized carbons (Fsp3) is 0.529. The molecule has 3 rings (SSSR count). The van der Waals surface area contributed by atoms with Crippen molar-refractivity contribution in [2.24, 2.45) is 16.2 Å². The summed E-state index contributed by atoms with van der Waals surface area (Å²) < 4.78 is 0. The summed E-state index contributed by atoms with van der Waals surface area (Å²) >= 11 is 15.4. The van der Waals surface area contributed by atoms with Crippen molar-refractivity contribution in [2.45, 2.75) is 38.4 Å². The van der Waals surface area contributed by atoms with Crippen LogP contribution in [-0.4, -0.2) is 16.5 Å². The topological polar surface area (TPSA) is 46.2 Å². The molecule has 3 nitrogen and oxygen atoms in total. The monoisotopic (exact) mass is 417 g/mol. The first kappa shape index (κ1) is 17.2. The Morgan fingerprint density at radius 2 is 1.87 bits per heavy atom. The van der Waals surface area contributed by atoms with Crippen molar-refractivity contribution in [2.75, 3.05) is 5.32 Å². The molecule has 2 aliphatic rings. The van der Waals surface area contributed by atoms with Crippen molar-refractivity contribution in [3.05, 3.63) is 28.2 Å². The molecular weight excluding hydrogens is 401 g/mol. The summed E-state index contributed by atoms with van der Waals surface area (Å²) in [7, 11) is 0. The van der Waals surface area contributed by atoms with Gasteiger partial charge in [-0.3, -0.25) is 9.59 Å². The molecule has 3 unspecified atom stereocenters. The van der Waals surface area contributed by atoms with Crippen LogP contribution in [-0.2, 0) is 9.59 Å². The largest absolute Gasteiger partial charge is 0.325 e. The summed E-state index contributed by atoms with van der Waals surface area (Å²) in [6, 6.07) is 4.98. The second kappa shape index (κ2) is 5.21. The van der Waals surface area contributed by atoms with Crippen molar-refractivity contribution in [3.63, 3.8) is 0 Å². The summed E-state index contributed by atoms with van der Waals surface area (Å²) in [5, 5.41) is 3.75. The first-order valence-corrected chi connectivity index (χ1v) is 9.20. The van der Waals surface area contributed by atoms with Gasteiger partial charge in [-0.15, -0.1) is 0 Å². The lowest BCUT2D eigenvalue weighted by molar-refractivity contribution is -0.130. The van der Waals surface area contributed by atoms with E-state index in [0.717, 1.165) is 6.42 Å². The smallest absolute Gasteiger partial charge is 0.232 e. The highest BCUT2D eigenvalue weighted by molar-refractivity contribution is 9.10. The van der Waals surface area contributed by atoms with Crippen LogP contribution in [0.25, 0.3) is 0 Å². The maximum absolute atomic E-state index is 13.1. The van der Waals surface area contributed by atoms with Gasteiger partial charge in [0.2, 0.25) is 5.91 Å². The minimum absolute atomic E-state index is 0.123. The first-order valence-electron chi connectivity index (χ1n) is 7.53. The number of fused-ring (bicyclic) bond motifs is 2. The van der Waals surface area contributed by atoms with Crippen molar-refractivity contribution >= 4 is 56.5 Å². The van der Waals surface area contributed by atoms with Crippen molar-refractivity contribution in [1.82, 2.24) is 0 Å². The van der Waals surface area contributed by atoms with Crippen LogP contribution in [0.15, 0.2) is 18.2 Å². The minimum Gasteiger partial charge on any atom is -0.325 e. The molecule has 1 amide bonds. The number of alkyl halides is 1. The number of carbonyl (C=O) groups is 2. The van der Waals surface area contributed by atoms with Gasteiger partial charge in [-0.25, -0.2) is 0 Å². The highest BCUT2D eigenvalue weighted by Crippen LogP contribution is 2.72. The lowest BCUT2D eigenvalue weighted by atomic mass is 9.64. The molecule has 0 aromatic heterocycles. The first-order chi connectivity index (χ1) is 10.6. The molecule has 0 heterocycles. The zero-order valence-corrected chi connectivity index (χ0v) is 16.3. The van der Waals surface area contributed by atoms with Crippen molar-refractivity contribution in [1.29, 1.82) is 0 Å². The molecule has 0 saturated heterocycles. The number of halogens is 3. The van der Waals surface area contributed by atoms with Gasteiger partial charge in [0.25, 0.3) is 0 Å². The van der Waals surface area contributed by atoms with Gasteiger partial charge in [0.1, 0.15) is 0 Å². The number of amides is 1. The van der Waals surface area contributed by atoms with Crippen LogP contribution in [0, 0.1) is 16.2 Å². The Morgan fingerprint density at radius 1 is 1.22 bits per heavy atom. The minimum atomic E-state index is -0.759. The highest BCUT2D eigenvalue weighted by atomic mass is 79.9. The number of anilines is 1. The Bertz CT molecular complexity index is 721. The van der Waals surface area contributed by atoms with Crippen LogP contribution in [0.5, 0.6) is 0 Å². The number of hydrogen-bond donors (Lipinski definition) is 1. The molecule has 6 heteroatoms. The maximum atomic E-state index is 13.1. The number of hydrogen-bond acceptors (Lipinski definition) is 2. The van der Waals surface area contributed by atoms with E-state index in [1.165, 1.54) is 0 Å². The molecule has 2 aliphatic carbocycles. The van der Waals surface area contributed by atoms with E-state index in [4.69, 9.17) is 23.2 Å². The number of ketones is 1. The Hall–Kier alpha value is -0.580. The van der Waals surface area contributed by atoms with Crippen molar-refractivity contribution in [3.8, 4) is 0 Å². The Balaban J connectivity index is 1.98. The Kier molecular flexibility index (Phi) is 3.90. The molecule has 3 atom stereocenters. The molecule has 0 spiro atoms. The average Bonchev–Trinajstić information content (AvgIpc) is 2.75. The normalized spacial score (nSPS) is 34.7. The van der Waals surface area contributed by atoms with Crippen LogP contribution in [0.3, 0.4) is 0 Å². The zero-order valence-electron chi connectivity index (χ0n) is 13.2. The van der Waals surface area contributed by atoms with Gasteiger partial charge in [0.15, 0.2) is 5.78 Å². The van der Waals surface area contributed by atoms with Gasteiger partial charge in [-0.2, -0.15) is 0 Å². The predicted molar refractivity (Wildman–Crippen MR) is 96.4 cm³/mol. The van der Waals surface area contributed by atoms with E-state index in [9.17, 15) is 9.59 Å². The fourth-order valence-electron chi connectivity index (χ4n) is 4.27. The summed E-state index contributed by atoms with van der Waals surface area (Å²) in [4.78, 5) is 25.4. The second-order valence-electron chi connectivity index (χ2n) is 7.24. The van der Waals surface area contributed by atoms with E-state index in [0.29, 0.717) is 22.2 Å². The zero-order chi connectivity index (χ0) is 17.2. The fourth-order valence-corrected chi connectivity index (χ4v) is 6.08. The molecular formula is C17H18BrCl2NO2. The maximum Gasteiger partial charge on any atom is 0.232 e. The lowest BCUT2D eigenvalue weighted by Gasteiger charge is -2.39. The van der Waals surface area contributed by atoms with Gasteiger partial charge >= 0.3 is 0 Å². The molecule has 1 aromatic rings. The highest BCUT2D eigenvalue weighted by Gasteiger charge is 2.76. The third-order valence-electron chi connectivity index (χ3n) is 6.30. The van der Waals surface area contributed by atoms with Gasteiger partial charge in [-0.05, 0) is 36.5 Å². The standard InChI is InChI=1S/C17H18BrCl2NO2/c1-15(2)16(3)6-7-17(15,12(18)13(16)22)14(23)21-9-4-5-10(19)11(20)8-9/h4-5,8,12H,6-7H2,1-3H3,(H,21,23). The average molecular weight is 419 g/mol. The van der Waals surface area contributed by atoms with E-state index in [1.54, 1.807) is 18.2 Å². The molecule has 2 bridgehead atoms. The van der Waals surface area contributed by atoms with Crippen LogP contribution in [0.2, 0.25) is 10.0 Å². The molecule has 0 radical (unpaired) electrons. The van der Waals surface area contributed by atoms with Gasteiger partial charge in [0, 0.05) is 11.1 Å². The number of Topliss-reactive ketones (excluding diaryl/α,β-unsaturated/α-hetero) is 1. The molecule has 23 heavy (non-hydrogen) atoms. The van der Waals surface area contributed by atoms with Crippen LogP contribution in [0.4, 0.5) is 5.69 Å². The number of benzene rings is 1. The van der Waals surface area contributed by atoms with Gasteiger partial charge in [0.05, 0.1) is 20.3 Å². The quantitative estimate of drug-likeness (QED) is 0.679. The second-order valence-corrected chi connectivity index (χ2v) is 8.97. The Labute approximate surface area is 154 Å². The third-order valence-corrected chi connectivity index (χ3v) is 8.24. The molecule has 2 fully saturated rings. The third kappa shape index (κ3) is 2.01. The Morgan fingerprint density at radius 3 is 2.39 bits per heavy atom. The van der Waals surface area contributed by atoms with E-state index >= 15 is 0 Å². The summed E-state index contributed by atoms with van der Waals surface area (Å²) in [5.41, 5.74) is -1.07. The SMILES string of the molecule is CC12CCC(C(=O)Nc3ccc(Cl)c(Cl)c3)(C(Br)C1=O)C2(C)C. The van der Waals surface area contributed by atoms with Crippen LogP contribution >= 0.6 is 39.1 Å². The molecule has 2 saturated carbocycles. The van der Waals surface area contributed by atoms with E-state index in [2.05, 4.69) is 21.2 Å². The van der Waals surface area contributed by atoms with E-state index in [1.807, 2.05) is 20.8 Å². The van der Waals surface area contributed by atoms with Crippen molar-refractivity contribution < 1.29 is 9.59 Å². The molecule has 1 aromatic carbocycles. The molecule has 1 N–H and O–H groups in total. The predicted octanol–water partition coefficient (Wildman–Crippen LogP) is 5.09. The van der Waals surface area contributed by atoms with E-state index < -0.39 is 21.1 Å². The molecule has 124 valence electrons. The summed E-state index contributed by atoms with van der Waals surface area (Å²) in [6.45, 7) is 6.02. The summed E-state index contributed by atoms with van der Waals surface area (Å²) in [5.74, 6) is -0.0182. The van der Waals surface area contributed by atoms with Crippen LogP contribution < -0.4 is 5.32 Å². The molecule has 0 aliphatic heterocycles. The van der Waals surface area contributed by atoms with Gasteiger partial charge in [-0.1, -0.05) is 59.9 Å². The number of nitrogens with one attached hydrogen (secondary N) is 1. The summed E-state index contributed by atoms with van der Waals surface area (Å²) in [6.07, 6.45) is 1.42. The van der Waals surface area contributed by atoms with Crippen LogP contribution in [0.1, 0.15) is 33.6 Å². The number of carbonyl (C=O) groups excluding carboxylic acids is 2.